The highest BCUT2D eigenvalue weighted by molar-refractivity contribution is 7.89. The maximum absolute atomic E-state index is 13.3. The third-order valence-corrected chi connectivity index (χ3v) is 8.75. The molecule has 2 aromatic carbocycles. The molecule has 192 valence electrons. The fourth-order valence-electron chi connectivity index (χ4n) is 4.13. The quantitative estimate of drug-likeness (QED) is 0.414. The topological polar surface area (TPSA) is 96.8 Å². The molecule has 0 saturated carbocycles. The van der Waals surface area contributed by atoms with E-state index in [2.05, 4.69) is 4.98 Å². The van der Waals surface area contributed by atoms with Gasteiger partial charge in [0, 0.05) is 22.5 Å². The Morgan fingerprint density at radius 1 is 1.25 bits per heavy atom. The molecule has 3 aromatic rings. The molecule has 0 aliphatic carbocycles. The van der Waals surface area contributed by atoms with Crippen LogP contribution >= 0.6 is 23.2 Å². The number of nitrogens with zero attached hydrogens (tertiary/aromatic N) is 2. The predicted octanol–water partition coefficient (Wildman–Crippen LogP) is 5.69. The number of sulfonamides is 1. The Hall–Kier alpha value is -2.60. The summed E-state index contributed by atoms with van der Waals surface area (Å²) in [4.78, 5) is 15.3. The molecular formula is C23H19Cl2F3N2O5S. The number of aryl methyl sites for hydroxylation is 1. The average molecular weight is 563 g/mol. The number of benzene rings is 2. The Kier molecular flexibility index (Phi) is 7.13. The Morgan fingerprint density at radius 2 is 1.97 bits per heavy atom. The second kappa shape index (κ2) is 9.70. The van der Waals surface area contributed by atoms with Gasteiger partial charge in [-0.3, -0.25) is 4.79 Å². The van der Waals surface area contributed by atoms with Crippen LogP contribution in [0.4, 0.5) is 13.2 Å². The van der Waals surface area contributed by atoms with Crippen molar-refractivity contribution in [2.24, 2.45) is 0 Å². The van der Waals surface area contributed by atoms with Crippen LogP contribution in [-0.4, -0.2) is 41.4 Å². The first-order chi connectivity index (χ1) is 16.8. The summed E-state index contributed by atoms with van der Waals surface area (Å²) < 4.78 is 72.9. The van der Waals surface area contributed by atoms with Crippen molar-refractivity contribution < 1.29 is 36.2 Å². The van der Waals surface area contributed by atoms with Gasteiger partial charge in [0.05, 0.1) is 16.3 Å². The van der Waals surface area contributed by atoms with Gasteiger partial charge in [-0.2, -0.15) is 17.5 Å². The minimum Gasteiger partial charge on any atom is -0.487 e. The molecule has 1 aliphatic heterocycles. The number of aromatic nitrogens is 1. The second-order valence-corrected chi connectivity index (χ2v) is 10.8. The molecule has 0 amide bonds. The molecule has 1 aliphatic rings. The van der Waals surface area contributed by atoms with E-state index in [1.54, 1.807) is 0 Å². The number of aliphatic carboxylic acids is 1. The van der Waals surface area contributed by atoms with Crippen LogP contribution in [0.2, 0.25) is 10.0 Å². The standard InChI is InChI=1S/C23H19Cl2F3N2O5S/c1-12-15(23(26,27)28)10-13-4-2-6-18(21(13)29-12)35-11-14-16(24)7-8-19(20(14)25)36(33,34)30-9-3-5-17(30)22(31)32/h2,4,6-8,10,17H,3,5,9,11H2,1H3,(H,31,32)/t17-/m0/s1. The van der Waals surface area contributed by atoms with Gasteiger partial charge in [0.1, 0.15) is 28.8 Å². The lowest BCUT2D eigenvalue weighted by molar-refractivity contribution is -0.140. The van der Waals surface area contributed by atoms with Gasteiger partial charge in [-0.1, -0.05) is 35.3 Å². The van der Waals surface area contributed by atoms with Gasteiger partial charge in [0.2, 0.25) is 10.0 Å². The summed E-state index contributed by atoms with van der Waals surface area (Å²) in [5.41, 5.74) is -0.793. The summed E-state index contributed by atoms with van der Waals surface area (Å²) in [7, 11) is -4.26. The average Bonchev–Trinajstić information content (AvgIpc) is 3.29. The molecule has 4 rings (SSSR count). The van der Waals surface area contributed by atoms with Gasteiger partial charge in [0.15, 0.2) is 0 Å². The monoisotopic (exact) mass is 562 g/mol. The van der Waals surface area contributed by atoms with Crippen LogP contribution in [-0.2, 0) is 27.6 Å². The lowest BCUT2D eigenvalue weighted by Gasteiger charge is -2.22. The summed E-state index contributed by atoms with van der Waals surface area (Å²) >= 11 is 12.7. The molecule has 1 fully saturated rings. The minimum atomic E-state index is -4.57. The number of ether oxygens (including phenoxy) is 1. The lowest BCUT2D eigenvalue weighted by atomic mass is 10.1. The van der Waals surface area contributed by atoms with Gasteiger partial charge >= 0.3 is 12.1 Å². The Labute approximate surface area is 214 Å². The molecule has 1 saturated heterocycles. The van der Waals surface area contributed by atoms with Crippen LogP contribution in [0.5, 0.6) is 5.75 Å². The first kappa shape index (κ1) is 26.5. The van der Waals surface area contributed by atoms with E-state index in [1.165, 1.54) is 37.3 Å². The van der Waals surface area contributed by atoms with Crippen LogP contribution in [0.3, 0.4) is 0 Å². The van der Waals surface area contributed by atoms with Crippen molar-refractivity contribution in [3.63, 3.8) is 0 Å². The van der Waals surface area contributed by atoms with E-state index in [-0.39, 0.29) is 62.4 Å². The smallest absolute Gasteiger partial charge is 0.418 e. The molecule has 1 aromatic heterocycles. The SMILES string of the molecule is Cc1nc2c(OCc3c(Cl)ccc(S(=O)(=O)N4CCC[C@H]4C(=O)O)c3Cl)cccc2cc1C(F)(F)F. The summed E-state index contributed by atoms with van der Waals surface area (Å²) in [6.07, 6.45) is -4.00. The molecule has 36 heavy (non-hydrogen) atoms. The van der Waals surface area contributed by atoms with E-state index in [0.717, 1.165) is 10.4 Å². The van der Waals surface area contributed by atoms with Crippen molar-refractivity contribution in [2.45, 2.75) is 43.5 Å². The van der Waals surface area contributed by atoms with Crippen LogP contribution in [0.1, 0.15) is 29.7 Å². The van der Waals surface area contributed by atoms with E-state index in [9.17, 15) is 31.5 Å². The Morgan fingerprint density at radius 3 is 2.64 bits per heavy atom. The highest BCUT2D eigenvalue weighted by Crippen LogP contribution is 2.38. The lowest BCUT2D eigenvalue weighted by Crippen LogP contribution is -2.40. The maximum Gasteiger partial charge on any atom is 0.418 e. The molecular weight excluding hydrogens is 544 g/mol. The van der Waals surface area contributed by atoms with Gasteiger partial charge in [-0.15, -0.1) is 0 Å². The fraction of sp³-hybridized carbons (Fsp3) is 0.304. The summed E-state index contributed by atoms with van der Waals surface area (Å²) in [5.74, 6) is -1.10. The maximum atomic E-state index is 13.3. The van der Waals surface area contributed by atoms with E-state index in [1.807, 2.05) is 0 Å². The number of rotatable bonds is 6. The third kappa shape index (κ3) is 4.84. The molecule has 2 heterocycles. The molecule has 1 atom stereocenters. The highest BCUT2D eigenvalue weighted by Gasteiger charge is 2.40. The Bertz CT molecular complexity index is 1460. The number of hydrogen-bond donors (Lipinski definition) is 1. The van der Waals surface area contributed by atoms with Crippen molar-refractivity contribution in [1.82, 2.24) is 9.29 Å². The van der Waals surface area contributed by atoms with E-state index in [4.69, 9.17) is 27.9 Å². The van der Waals surface area contributed by atoms with E-state index < -0.39 is 33.8 Å². The van der Waals surface area contributed by atoms with Crippen molar-refractivity contribution in [2.75, 3.05) is 6.54 Å². The largest absolute Gasteiger partial charge is 0.487 e. The number of fused-ring (bicyclic) bond motifs is 1. The number of halogens is 5. The van der Waals surface area contributed by atoms with Crippen molar-refractivity contribution >= 4 is 50.1 Å². The number of para-hydroxylation sites is 1. The van der Waals surface area contributed by atoms with Gasteiger partial charge in [-0.05, 0) is 44.0 Å². The molecule has 0 bridgehead atoms. The first-order valence-corrected chi connectivity index (χ1v) is 12.8. The van der Waals surface area contributed by atoms with Crippen LogP contribution in [0, 0.1) is 6.92 Å². The van der Waals surface area contributed by atoms with Gasteiger partial charge in [0.25, 0.3) is 0 Å². The molecule has 0 radical (unpaired) electrons. The second-order valence-electron chi connectivity index (χ2n) is 8.19. The minimum absolute atomic E-state index is 0.0328. The molecule has 0 spiro atoms. The zero-order chi connectivity index (χ0) is 26.4. The third-order valence-electron chi connectivity index (χ3n) is 5.90. The number of alkyl halides is 3. The predicted molar refractivity (Wildman–Crippen MR) is 127 cm³/mol. The summed E-state index contributed by atoms with van der Waals surface area (Å²) in [6, 6.07) is 6.75. The summed E-state index contributed by atoms with van der Waals surface area (Å²) in [6.45, 7) is 0.957. The molecule has 7 nitrogen and oxygen atoms in total. The Balaban J connectivity index is 1.68. The van der Waals surface area contributed by atoms with Crippen LogP contribution < -0.4 is 4.74 Å². The van der Waals surface area contributed by atoms with Crippen molar-refractivity contribution in [1.29, 1.82) is 0 Å². The van der Waals surface area contributed by atoms with Gasteiger partial charge in [-0.25, -0.2) is 13.4 Å². The van der Waals surface area contributed by atoms with E-state index in [0.29, 0.717) is 6.42 Å². The fourth-order valence-corrected chi connectivity index (χ4v) is 6.64. The summed E-state index contributed by atoms with van der Waals surface area (Å²) in [5, 5.41) is 9.46. The zero-order valence-corrected chi connectivity index (χ0v) is 21.0. The zero-order valence-electron chi connectivity index (χ0n) is 18.6. The number of carbonyl (C=O) groups is 1. The molecule has 1 N–H and O–H groups in total. The molecule has 0 unspecified atom stereocenters. The molecule has 13 heteroatoms. The number of carboxylic acid groups (broad SMARTS) is 1. The number of pyridine rings is 1. The normalized spacial score (nSPS) is 17.0. The van der Waals surface area contributed by atoms with Crippen molar-refractivity contribution in [3.8, 4) is 5.75 Å². The first-order valence-electron chi connectivity index (χ1n) is 10.6. The van der Waals surface area contributed by atoms with Crippen LogP contribution in [0.15, 0.2) is 41.3 Å². The van der Waals surface area contributed by atoms with E-state index >= 15 is 0 Å². The number of hydrogen-bond acceptors (Lipinski definition) is 5. The van der Waals surface area contributed by atoms with Gasteiger partial charge < -0.3 is 9.84 Å². The highest BCUT2D eigenvalue weighted by atomic mass is 35.5. The number of carboxylic acids is 1. The van der Waals surface area contributed by atoms with Crippen LogP contribution in [0.25, 0.3) is 10.9 Å². The van der Waals surface area contributed by atoms with Crippen molar-refractivity contribution in [3.05, 3.63) is 63.3 Å².